The van der Waals surface area contributed by atoms with Gasteiger partial charge in [0.15, 0.2) is 27.3 Å². The van der Waals surface area contributed by atoms with Crippen molar-refractivity contribution in [2.45, 2.75) is 24.2 Å². The van der Waals surface area contributed by atoms with E-state index in [1.807, 2.05) is 0 Å². The first-order valence-corrected chi connectivity index (χ1v) is 9.48. The summed E-state index contributed by atoms with van der Waals surface area (Å²) in [5.41, 5.74) is -0.225. The number of aliphatic hydroxyl groups is 1. The van der Waals surface area contributed by atoms with E-state index >= 15 is 0 Å². The highest BCUT2D eigenvalue weighted by atomic mass is 19.3. The summed E-state index contributed by atoms with van der Waals surface area (Å²) in [6.07, 6.45) is 2.97. The average Bonchev–Trinajstić information content (AvgIpc) is 3.15. The van der Waals surface area contributed by atoms with Crippen LogP contribution in [0, 0.1) is 5.82 Å². The molecule has 0 fully saturated rings. The van der Waals surface area contributed by atoms with Crippen LogP contribution in [0.4, 0.5) is 13.2 Å². The van der Waals surface area contributed by atoms with E-state index in [9.17, 15) is 18.3 Å². The van der Waals surface area contributed by atoms with E-state index in [1.54, 1.807) is 21.8 Å². The van der Waals surface area contributed by atoms with E-state index in [1.165, 1.54) is 38.8 Å². The zero-order chi connectivity index (χ0) is 23.5. The molecule has 3 aromatic rings. The van der Waals surface area contributed by atoms with Crippen LogP contribution in [-0.2, 0) is 16.7 Å². The quantitative estimate of drug-likeness (QED) is 0.289. The molecule has 16 heteroatoms. The number of aromatic nitrogens is 5. The maximum absolute atomic E-state index is 13.6. The van der Waals surface area contributed by atoms with E-state index in [2.05, 4.69) is 25.0 Å². The summed E-state index contributed by atoms with van der Waals surface area (Å²) >= 11 is 0. The number of hydrogen-bond acceptors (Lipinski definition) is 8. The summed E-state index contributed by atoms with van der Waals surface area (Å²) in [5, 5.41) is 16.8. The third kappa shape index (κ3) is 6.26. The second kappa shape index (κ2) is 9.25. The Labute approximate surface area is 184 Å². The molecule has 0 bridgehead atoms. The van der Waals surface area contributed by atoms with Crippen molar-refractivity contribution in [3.63, 3.8) is 0 Å². The summed E-state index contributed by atoms with van der Waals surface area (Å²) < 4.78 is 55.0. The Bertz CT molecular complexity index is 1080. The molecule has 1 N–H and O–H groups in total. The highest BCUT2D eigenvalue weighted by Crippen LogP contribution is 2.23. The van der Waals surface area contributed by atoms with Gasteiger partial charge in [0.05, 0.1) is 23.2 Å². The molecule has 0 unspecified atom stereocenters. The van der Waals surface area contributed by atoms with Crippen LogP contribution in [0.1, 0.15) is 11.4 Å². The maximum Gasteiger partial charge on any atom is 0.387 e. The number of hydrogen-bond donors (Lipinski definition) is 1. The maximum atomic E-state index is 13.6. The Morgan fingerprint density at radius 3 is 2.59 bits per heavy atom. The summed E-state index contributed by atoms with van der Waals surface area (Å²) in [6, 6.07) is 5.10. The van der Waals surface area contributed by atoms with Gasteiger partial charge in [-0.3, -0.25) is 0 Å². The van der Waals surface area contributed by atoms with Gasteiger partial charge in [-0.05, 0) is 18.2 Å². The molecule has 2 aromatic heterocycles. The van der Waals surface area contributed by atoms with E-state index < -0.39 is 29.2 Å². The SMILES string of the molecule is BC(B)(O)OC(B)(B)c1ccnc(OCc2cn(-c3ccc(F)c(OC(F)F)c3)nn2)n1. The monoisotopic (exact) mass is 445 g/mol. The van der Waals surface area contributed by atoms with Gasteiger partial charge < -0.3 is 19.3 Å². The molecule has 3 rings (SSSR count). The largest absolute Gasteiger partial charge is 0.457 e. The summed E-state index contributed by atoms with van der Waals surface area (Å²) in [6.45, 7) is -3.20. The number of rotatable bonds is 9. The van der Waals surface area contributed by atoms with Gasteiger partial charge in [-0.15, -0.1) is 5.10 Å². The molecular formula is C16H18B4F3N5O4. The summed E-state index contributed by atoms with van der Waals surface area (Å²) in [7, 11) is 6.52. The molecule has 0 aliphatic carbocycles. The molecule has 9 nitrogen and oxygen atoms in total. The van der Waals surface area contributed by atoms with Crippen LogP contribution in [-0.4, -0.2) is 73.7 Å². The van der Waals surface area contributed by atoms with Crippen LogP contribution in [0.15, 0.2) is 36.7 Å². The Morgan fingerprint density at radius 1 is 1.16 bits per heavy atom. The molecule has 0 spiro atoms. The molecular weight excluding hydrogens is 426 g/mol. The lowest BCUT2D eigenvalue weighted by molar-refractivity contribution is -0.109. The Morgan fingerprint density at radius 2 is 1.91 bits per heavy atom. The summed E-state index contributed by atoms with van der Waals surface area (Å²) in [5.74, 6) is -1.53. The average molecular weight is 445 g/mol. The van der Waals surface area contributed by atoms with Crippen molar-refractivity contribution in [3.05, 3.63) is 53.9 Å². The van der Waals surface area contributed by atoms with Crippen molar-refractivity contribution in [2.75, 3.05) is 0 Å². The molecule has 164 valence electrons. The lowest BCUT2D eigenvalue weighted by Gasteiger charge is -2.33. The second-order valence-electron chi connectivity index (χ2n) is 7.72. The smallest absolute Gasteiger partial charge is 0.387 e. The van der Waals surface area contributed by atoms with Crippen molar-refractivity contribution in [2.24, 2.45) is 0 Å². The van der Waals surface area contributed by atoms with Crippen molar-refractivity contribution in [1.29, 1.82) is 0 Å². The fourth-order valence-electron chi connectivity index (χ4n) is 2.87. The molecule has 0 radical (unpaired) electrons. The standard InChI is InChI=1S/C16H18B4F3N5O4/c17-15(18,32-16(19,20)29)12-3-4-24-14(25-12)30-7-8-6-28(27-26-8)9-1-2-10(21)11(5-9)31-13(22)23/h1-6,13,29H,7,17-20H2. The zero-order valence-corrected chi connectivity index (χ0v) is 17.8. The normalized spacial score (nSPS) is 12.2. The van der Waals surface area contributed by atoms with Crippen LogP contribution in [0.25, 0.3) is 5.69 Å². The molecule has 0 aliphatic rings. The van der Waals surface area contributed by atoms with Crippen LogP contribution in [0.5, 0.6) is 11.8 Å². The van der Waals surface area contributed by atoms with Gasteiger partial charge in [0.25, 0.3) is 0 Å². The summed E-state index contributed by atoms with van der Waals surface area (Å²) in [4.78, 5) is 8.35. The predicted octanol–water partition coefficient (Wildman–Crippen LogP) is -2.36. The van der Waals surface area contributed by atoms with E-state index in [4.69, 9.17) is 9.47 Å². The first-order chi connectivity index (χ1) is 14.9. The fourth-order valence-corrected chi connectivity index (χ4v) is 2.87. The van der Waals surface area contributed by atoms with Crippen molar-refractivity contribution >= 4 is 31.4 Å². The van der Waals surface area contributed by atoms with Gasteiger partial charge in [0, 0.05) is 17.7 Å². The van der Waals surface area contributed by atoms with Gasteiger partial charge in [-0.1, -0.05) is 5.21 Å². The molecule has 2 heterocycles. The molecule has 0 atom stereocenters. The number of halogens is 3. The van der Waals surface area contributed by atoms with Crippen LogP contribution in [0.3, 0.4) is 0 Å². The topological polar surface area (TPSA) is 104 Å². The number of alkyl halides is 2. The van der Waals surface area contributed by atoms with E-state index in [0.717, 1.165) is 12.1 Å². The lowest BCUT2D eigenvalue weighted by Crippen LogP contribution is -2.45. The van der Waals surface area contributed by atoms with Crippen LogP contribution in [0.2, 0.25) is 0 Å². The first kappa shape index (κ1) is 23.7. The number of benzene rings is 1. The van der Waals surface area contributed by atoms with Gasteiger partial charge in [0.1, 0.15) is 28.0 Å². The minimum absolute atomic E-state index is 0.0438. The van der Waals surface area contributed by atoms with E-state index in [0.29, 0.717) is 11.4 Å². The highest BCUT2D eigenvalue weighted by molar-refractivity contribution is 6.41. The molecule has 0 saturated carbocycles. The minimum Gasteiger partial charge on any atom is -0.457 e. The third-order valence-electron chi connectivity index (χ3n) is 4.04. The lowest BCUT2D eigenvalue weighted by atomic mass is 9.61. The zero-order valence-electron chi connectivity index (χ0n) is 17.8. The van der Waals surface area contributed by atoms with Gasteiger partial charge >= 0.3 is 12.6 Å². The third-order valence-corrected chi connectivity index (χ3v) is 4.04. The van der Waals surface area contributed by atoms with Gasteiger partial charge in [-0.2, -0.15) is 13.8 Å². The van der Waals surface area contributed by atoms with Crippen molar-refractivity contribution in [3.8, 4) is 17.4 Å². The van der Waals surface area contributed by atoms with Crippen LogP contribution < -0.4 is 9.47 Å². The van der Waals surface area contributed by atoms with Gasteiger partial charge in [0.2, 0.25) is 0 Å². The van der Waals surface area contributed by atoms with Crippen molar-refractivity contribution < 1.29 is 32.5 Å². The highest BCUT2D eigenvalue weighted by Gasteiger charge is 2.30. The number of ether oxygens (including phenoxy) is 3. The molecule has 0 saturated heterocycles. The van der Waals surface area contributed by atoms with Crippen LogP contribution >= 0.6 is 0 Å². The minimum atomic E-state index is -3.16. The number of nitrogens with zero attached hydrogens (tertiary/aromatic N) is 5. The molecule has 0 aliphatic heterocycles. The Hall–Kier alpha value is -2.99. The first-order valence-electron chi connectivity index (χ1n) is 9.48. The van der Waals surface area contributed by atoms with Crippen molar-refractivity contribution in [1.82, 2.24) is 25.0 Å². The molecule has 32 heavy (non-hydrogen) atoms. The van der Waals surface area contributed by atoms with Gasteiger partial charge in [-0.25, -0.2) is 14.1 Å². The fraction of sp³-hybridized carbons (Fsp3) is 0.250. The predicted molar refractivity (Wildman–Crippen MR) is 116 cm³/mol. The molecule has 1 aromatic carbocycles. The Balaban J connectivity index is 1.70. The molecule has 0 amide bonds. The van der Waals surface area contributed by atoms with E-state index in [-0.39, 0.29) is 18.3 Å². The second-order valence-corrected chi connectivity index (χ2v) is 7.72. The Kier molecular flexibility index (Phi) is 6.84.